The van der Waals surface area contributed by atoms with Gasteiger partial charge in [0.15, 0.2) is 0 Å². The Morgan fingerprint density at radius 2 is 2.00 bits per heavy atom. The summed E-state index contributed by atoms with van der Waals surface area (Å²) in [6.07, 6.45) is 2.07. The van der Waals surface area contributed by atoms with Crippen LogP contribution in [-0.4, -0.2) is 6.61 Å². The maximum Gasteiger partial charge on any atom is 0.130 e. The van der Waals surface area contributed by atoms with Crippen LogP contribution in [0.25, 0.3) is 0 Å². The topological polar surface area (TPSA) is 48.4 Å². The first-order valence-corrected chi connectivity index (χ1v) is 6.69. The van der Waals surface area contributed by atoms with Crippen molar-refractivity contribution in [2.45, 2.75) is 32.9 Å². The highest BCUT2D eigenvalue weighted by Crippen LogP contribution is 2.14. The van der Waals surface area contributed by atoms with E-state index in [1.165, 1.54) is 5.56 Å². The summed E-state index contributed by atoms with van der Waals surface area (Å²) in [6.45, 7) is 3.71. The predicted molar refractivity (Wildman–Crippen MR) is 75.8 cm³/mol. The fourth-order valence-electron chi connectivity index (χ4n) is 2.06. The zero-order valence-corrected chi connectivity index (χ0v) is 11.4. The van der Waals surface area contributed by atoms with Crippen LogP contribution in [0.2, 0.25) is 0 Å². The van der Waals surface area contributed by atoms with Crippen LogP contribution in [0.3, 0.4) is 0 Å². The van der Waals surface area contributed by atoms with E-state index >= 15 is 0 Å². The molecule has 2 aromatic rings. The van der Waals surface area contributed by atoms with E-state index in [0.29, 0.717) is 13.2 Å². The van der Waals surface area contributed by atoms with Crippen LogP contribution in [-0.2, 0) is 24.3 Å². The smallest absolute Gasteiger partial charge is 0.130 e. The molecule has 1 aromatic carbocycles. The van der Waals surface area contributed by atoms with Gasteiger partial charge in [0.1, 0.15) is 18.1 Å². The molecular formula is C16H21NO2. The third-order valence-corrected chi connectivity index (χ3v) is 3.10. The molecule has 1 aromatic heterocycles. The number of nitrogens with two attached hydrogens (primary N) is 1. The highest BCUT2D eigenvalue weighted by Gasteiger charge is 2.05. The average Bonchev–Trinajstić information content (AvgIpc) is 2.80. The van der Waals surface area contributed by atoms with Crippen molar-refractivity contribution >= 4 is 0 Å². The minimum absolute atomic E-state index is 0.444. The van der Waals surface area contributed by atoms with Crippen LogP contribution in [0.4, 0.5) is 0 Å². The second kappa shape index (κ2) is 7.12. The summed E-state index contributed by atoms with van der Waals surface area (Å²) in [4.78, 5) is 0. The van der Waals surface area contributed by atoms with Gasteiger partial charge in [0, 0.05) is 6.61 Å². The Bertz CT molecular complexity index is 491. The Morgan fingerprint density at radius 3 is 2.68 bits per heavy atom. The number of ether oxygens (including phenoxy) is 1. The van der Waals surface area contributed by atoms with E-state index in [1.54, 1.807) is 0 Å². The molecule has 0 aliphatic carbocycles. The Kier molecular flexibility index (Phi) is 5.19. The SMILES string of the molecule is Cc1cc(COCCCc2ccccc2)oc1CN. The summed E-state index contributed by atoms with van der Waals surface area (Å²) in [6, 6.07) is 12.5. The molecule has 0 radical (unpaired) electrons. The van der Waals surface area contributed by atoms with Gasteiger partial charge in [0.25, 0.3) is 0 Å². The van der Waals surface area contributed by atoms with Gasteiger partial charge in [-0.2, -0.15) is 0 Å². The van der Waals surface area contributed by atoms with E-state index in [9.17, 15) is 0 Å². The van der Waals surface area contributed by atoms with Crippen LogP contribution in [0.15, 0.2) is 40.8 Å². The van der Waals surface area contributed by atoms with Gasteiger partial charge in [0.05, 0.1) is 6.54 Å². The number of benzene rings is 1. The molecule has 0 spiro atoms. The molecule has 0 atom stereocenters. The Labute approximate surface area is 114 Å². The second-order valence-electron chi connectivity index (χ2n) is 4.66. The van der Waals surface area contributed by atoms with Crippen LogP contribution < -0.4 is 5.73 Å². The van der Waals surface area contributed by atoms with E-state index in [0.717, 1.165) is 36.5 Å². The van der Waals surface area contributed by atoms with Crippen LogP contribution in [0.1, 0.15) is 29.1 Å². The summed E-state index contributed by atoms with van der Waals surface area (Å²) in [5.41, 5.74) is 8.02. The lowest BCUT2D eigenvalue weighted by Gasteiger charge is -2.02. The molecule has 0 amide bonds. The number of rotatable bonds is 7. The van der Waals surface area contributed by atoms with Crippen molar-refractivity contribution in [3.05, 3.63) is 59.0 Å². The van der Waals surface area contributed by atoms with Crippen LogP contribution in [0, 0.1) is 6.92 Å². The monoisotopic (exact) mass is 259 g/mol. The molecule has 102 valence electrons. The number of furan rings is 1. The van der Waals surface area contributed by atoms with Crippen LogP contribution >= 0.6 is 0 Å². The van der Waals surface area contributed by atoms with E-state index in [-0.39, 0.29) is 0 Å². The standard InChI is InChI=1S/C16H21NO2/c1-13-10-15(19-16(13)11-17)12-18-9-5-8-14-6-3-2-4-7-14/h2-4,6-7,10H,5,8-9,11-12,17H2,1H3. The summed E-state index contributed by atoms with van der Waals surface area (Å²) in [5.74, 6) is 1.71. The van der Waals surface area contributed by atoms with Crippen molar-refractivity contribution < 1.29 is 9.15 Å². The van der Waals surface area contributed by atoms with Crippen molar-refractivity contribution in [1.82, 2.24) is 0 Å². The van der Waals surface area contributed by atoms with Gasteiger partial charge >= 0.3 is 0 Å². The lowest BCUT2D eigenvalue weighted by atomic mass is 10.1. The van der Waals surface area contributed by atoms with E-state index in [2.05, 4.69) is 24.3 Å². The average molecular weight is 259 g/mol. The first-order chi connectivity index (χ1) is 9.29. The molecule has 0 aliphatic heterocycles. The lowest BCUT2D eigenvalue weighted by Crippen LogP contribution is -1.97. The molecule has 2 N–H and O–H groups in total. The predicted octanol–water partition coefficient (Wildman–Crippen LogP) is 3.20. The fourth-order valence-corrected chi connectivity index (χ4v) is 2.06. The molecule has 0 saturated carbocycles. The van der Waals surface area contributed by atoms with E-state index in [4.69, 9.17) is 14.9 Å². The van der Waals surface area contributed by atoms with Gasteiger partial charge in [-0.1, -0.05) is 30.3 Å². The molecule has 0 unspecified atom stereocenters. The van der Waals surface area contributed by atoms with E-state index in [1.807, 2.05) is 19.1 Å². The summed E-state index contributed by atoms with van der Waals surface area (Å²) in [7, 11) is 0. The minimum atomic E-state index is 0.444. The first kappa shape index (κ1) is 13.8. The zero-order valence-electron chi connectivity index (χ0n) is 11.4. The normalized spacial score (nSPS) is 10.8. The van der Waals surface area contributed by atoms with Crippen molar-refractivity contribution in [1.29, 1.82) is 0 Å². The number of hydrogen-bond acceptors (Lipinski definition) is 3. The second-order valence-corrected chi connectivity index (χ2v) is 4.66. The summed E-state index contributed by atoms with van der Waals surface area (Å²) < 4.78 is 11.2. The van der Waals surface area contributed by atoms with Crippen molar-refractivity contribution in [2.75, 3.05) is 6.61 Å². The third-order valence-electron chi connectivity index (χ3n) is 3.10. The number of aryl methyl sites for hydroxylation is 2. The fraction of sp³-hybridized carbons (Fsp3) is 0.375. The Hall–Kier alpha value is -1.58. The van der Waals surface area contributed by atoms with E-state index < -0.39 is 0 Å². The quantitative estimate of drug-likeness (QED) is 0.777. The van der Waals surface area contributed by atoms with Crippen LogP contribution in [0.5, 0.6) is 0 Å². The minimum Gasteiger partial charge on any atom is -0.462 e. The molecule has 19 heavy (non-hydrogen) atoms. The highest BCUT2D eigenvalue weighted by molar-refractivity contribution is 5.19. The molecule has 3 heteroatoms. The van der Waals surface area contributed by atoms with Crippen molar-refractivity contribution in [3.8, 4) is 0 Å². The third kappa shape index (κ3) is 4.23. The maximum absolute atomic E-state index is 5.62. The molecule has 2 rings (SSSR count). The van der Waals surface area contributed by atoms with Gasteiger partial charge in [0.2, 0.25) is 0 Å². The largest absolute Gasteiger partial charge is 0.462 e. The number of hydrogen-bond donors (Lipinski definition) is 1. The maximum atomic E-state index is 5.62. The molecule has 1 heterocycles. The summed E-state index contributed by atoms with van der Waals surface area (Å²) in [5, 5.41) is 0. The lowest BCUT2D eigenvalue weighted by molar-refractivity contribution is 0.103. The molecule has 0 saturated heterocycles. The van der Waals surface area contributed by atoms with Gasteiger partial charge in [-0.15, -0.1) is 0 Å². The molecular weight excluding hydrogens is 238 g/mol. The highest BCUT2D eigenvalue weighted by atomic mass is 16.5. The summed E-state index contributed by atoms with van der Waals surface area (Å²) >= 11 is 0. The Morgan fingerprint density at radius 1 is 1.21 bits per heavy atom. The first-order valence-electron chi connectivity index (χ1n) is 6.69. The zero-order chi connectivity index (χ0) is 13.5. The van der Waals surface area contributed by atoms with Crippen molar-refractivity contribution in [2.24, 2.45) is 5.73 Å². The Balaban J connectivity index is 1.66. The molecule has 0 fully saturated rings. The van der Waals surface area contributed by atoms with Gasteiger partial charge in [-0.05, 0) is 37.0 Å². The van der Waals surface area contributed by atoms with Gasteiger partial charge in [-0.3, -0.25) is 0 Å². The van der Waals surface area contributed by atoms with Crippen molar-refractivity contribution in [3.63, 3.8) is 0 Å². The molecule has 0 aliphatic rings. The van der Waals surface area contributed by atoms with Gasteiger partial charge in [-0.25, -0.2) is 0 Å². The molecule has 0 bridgehead atoms. The molecule has 3 nitrogen and oxygen atoms in total. The van der Waals surface area contributed by atoms with Gasteiger partial charge < -0.3 is 14.9 Å².